The van der Waals surface area contributed by atoms with E-state index in [1.807, 2.05) is 30.5 Å². The molecule has 2 aromatic rings. The van der Waals surface area contributed by atoms with Gasteiger partial charge in [0.25, 0.3) is 5.24 Å². The number of thioether (sulfide) groups is 1. The van der Waals surface area contributed by atoms with Crippen molar-refractivity contribution in [3.8, 4) is 0 Å². The van der Waals surface area contributed by atoms with Crippen LogP contribution >= 0.6 is 11.8 Å². The molecule has 6 nitrogen and oxygen atoms in total. The number of rotatable bonds is 5. The Hall–Kier alpha value is -1.99. The summed E-state index contributed by atoms with van der Waals surface area (Å²) in [6, 6.07) is 7.18. The fourth-order valence-corrected chi connectivity index (χ4v) is 3.87. The largest absolute Gasteiger partial charge is 0.467 e. The minimum atomic E-state index is -0.699. The number of methoxy groups -OCH3 is 1. The third kappa shape index (κ3) is 3.91. The summed E-state index contributed by atoms with van der Waals surface area (Å²) in [5.74, 6) is -0.436. The number of hydrogen-bond donors (Lipinski definition) is 3. The van der Waals surface area contributed by atoms with Gasteiger partial charge in [0.2, 0.25) is 0 Å². The molecule has 0 spiro atoms. The smallest absolute Gasteiger partial charge is 0.328 e. The SMILES string of the molecule is COC(=O)[C@H](Cc1c[nH]c2ccccc12)NC(=O)S[C@H]1CCCN1. The molecular weight excluding hydrogens is 326 g/mol. The van der Waals surface area contributed by atoms with Crippen molar-refractivity contribution in [3.05, 3.63) is 36.0 Å². The van der Waals surface area contributed by atoms with Crippen LogP contribution in [0.25, 0.3) is 10.9 Å². The zero-order valence-corrected chi connectivity index (χ0v) is 14.3. The average Bonchev–Trinajstić information content (AvgIpc) is 3.23. The first-order valence-corrected chi connectivity index (χ1v) is 8.88. The van der Waals surface area contributed by atoms with E-state index in [2.05, 4.69) is 15.6 Å². The molecule has 0 radical (unpaired) electrons. The monoisotopic (exact) mass is 347 g/mol. The molecule has 1 aromatic heterocycles. The summed E-state index contributed by atoms with van der Waals surface area (Å²) < 4.78 is 4.86. The first-order chi connectivity index (χ1) is 11.7. The van der Waals surface area contributed by atoms with Gasteiger partial charge in [-0.15, -0.1) is 0 Å². The summed E-state index contributed by atoms with van der Waals surface area (Å²) in [5.41, 5.74) is 1.98. The standard InChI is InChI=1S/C17H21N3O3S/c1-23-16(21)14(20-17(22)24-15-7-4-8-18-15)9-11-10-19-13-6-3-2-5-12(11)13/h2-3,5-6,10,14-15,18-19H,4,7-9H2,1H3,(H,20,22)/t14-,15-/m0/s1. The number of benzene rings is 1. The molecule has 0 aliphatic carbocycles. The number of nitrogens with one attached hydrogen (secondary N) is 3. The van der Waals surface area contributed by atoms with Crippen molar-refractivity contribution >= 4 is 33.9 Å². The predicted octanol–water partition coefficient (Wildman–Crippen LogP) is 2.40. The number of amides is 1. The molecule has 0 saturated carbocycles. The maximum Gasteiger partial charge on any atom is 0.328 e. The number of carbonyl (C=O) groups excluding carboxylic acids is 2. The number of ether oxygens (including phenoxy) is 1. The van der Waals surface area contributed by atoms with Crippen LogP contribution in [0.4, 0.5) is 4.79 Å². The van der Waals surface area contributed by atoms with Gasteiger partial charge in [-0.1, -0.05) is 18.2 Å². The average molecular weight is 347 g/mol. The van der Waals surface area contributed by atoms with Crippen LogP contribution in [0, 0.1) is 0 Å². The van der Waals surface area contributed by atoms with Crippen molar-refractivity contribution in [1.29, 1.82) is 0 Å². The normalized spacial score (nSPS) is 18.5. The highest BCUT2D eigenvalue weighted by Gasteiger charge is 2.25. The lowest BCUT2D eigenvalue weighted by atomic mass is 10.1. The van der Waals surface area contributed by atoms with Gasteiger partial charge in [-0.05, 0) is 42.8 Å². The summed E-state index contributed by atoms with van der Waals surface area (Å²) >= 11 is 1.20. The van der Waals surface area contributed by atoms with E-state index in [0.717, 1.165) is 35.9 Å². The third-order valence-electron chi connectivity index (χ3n) is 4.14. The fraction of sp³-hybridized carbons (Fsp3) is 0.412. The number of hydrogen-bond acceptors (Lipinski definition) is 5. The van der Waals surface area contributed by atoms with E-state index < -0.39 is 12.0 Å². The van der Waals surface area contributed by atoms with Gasteiger partial charge < -0.3 is 20.4 Å². The van der Waals surface area contributed by atoms with Crippen molar-refractivity contribution in [2.45, 2.75) is 30.7 Å². The Bertz CT molecular complexity index is 725. The molecule has 1 aromatic carbocycles. The van der Waals surface area contributed by atoms with Gasteiger partial charge in [-0.2, -0.15) is 0 Å². The molecular formula is C17H21N3O3S. The van der Waals surface area contributed by atoms with Crippen LogP contribution in [0.3, 0.4) is 0 Å². The van der Waals surface area contributed by atoms with E-state index in [1.165, 1.54) is 18.9 Å². The lowest BCUT2D eigenvalue weighted by Gasteiger charge is -2.17. The van der Waals surface area contributed by atoms with Crippen molar-refractivity contribution in [2.75, 3.05) is 13.7 Å². The van der Waals surface area contributed by atoms with Crippen LogP contribution in [-0.2, 0) is 16.0 Å². The van der Waals surface area contributed by atoms with Gasteiger partial charge in [0.15, 0.2) is 0 Å². The zero-order valence-electron chi connectivity index (χ0n) is 13.5. The van der Waals surface area contributed by atoms with Crippen molar-refractivity contribution in [3.63, 3.8) is 0 Å². The molecule has 1 amide bonds. The predicted molar refractivity (Wildman–Crippen MR) is 95.0 cm³/mol. The number of fused-ring (bicyclic) bond motifs is 1. The van der Waals surface area contributed by atoms with Crippen LogP contribution in [0.5, 0.6) is 0 Å². The van der Waals surface area contributed by atoms with E-state index in [-0.39, 0.29) is 10.6 Å². The molecule has 3 rings (SSSR count). The second-order valence-electron chi connectivity index (χ2n) is 5.77. The molecule has 1 aliphatic heterocycles. The number of H-pyrrole nitrogens is 1. The lowest BCUT2D eigenvalue weighted by Crippen LogP contribution is -2.42. The Balaban J connectivity index is 1.69. The highest BCUT2D eigenvalue weighted by atomic mass is 32.2. The number of aromatic nitrogens is 1. The second kappa shape index (κ2) is 7.72. The molecule has 1 aliphatic rings. The van der Waals surface area contributed by atoms with Crippen LogP contribution in [0.2, 0.25) is 0 Å². The number of para-hydroxylation sites is 1. The van der Waals surface area contributed by atoms with E-state index in [9.17, 15) is 9.59 Å². The Morgan fingerprint density at radius 1 is 1.42 bits per heavy atom. The second-order valence-corrected chi connectivity index (χ2v) is 6.95. The summed E-state index contributed by atoms with van der Waals surface area (Å²) in [6.45, 7) is 0.931. The van der Waals surface area contributed by atoms with E-state index in [0.29, 0.717) is 6.42 Å². The molecule has 2 heterocycles. The van der Waals surface area contributed by atoms with Crippen LogP contribution in [-0.4, -0.2) is 41.3 Å². The lowest BCUT2D eigenvalue weighted by molar-refractivity contribution is -0.142. The molecule has 1 saturated heterocycles. The van der Waals surface area contributed by atoms with Gasteiger partial charge in [-0.25, -0.2) is 4.79 Å². The highest BCUT2D eigenvalue weighted by molar-refractivity contribution is 8.14. The highest BCUT2D eigenvalue weighted by Crippen LogP contribution is 2.21. The number of esters is 1. The van der Waals surface area contributed by atoms with E-state index >= 15 is 0 Å². The number of aromatic amines is 1. The minimum Gasteiger partial charge on any atom is -0.467 e. The minimum absolute atomic E-state index is 0.122. The molecule has 24 heavy (non-hydrogen) atoms. The Kier molecular flexibility index (Phi) is 5.42. The van der Waals surface area contributed by atoms with Crippen LogP contribution < -0.4 is 10.6 Å². The summed E-state index contributed by atoms with van der Waals surface area (Å²) in [6.07, 6.45) is 4.30. The van der Waals surface area contributed by atoms with Crippen molar-refractivity contribution in [1.82, 2.24) is 15.6 Å². The van der Waals surface area contributed by atoms with Crippen molar-refractivity contribution < 1.29 is 14.3 Å². The first kappa shape index (κ1) is 16.9. The van der Waals surface area contributed by atoms with Gasteiger partial charge in [0.05, 0.1) is 12.5 Å². The molecule has 3 N–H and O–H groups in total. The Labute approximate surface area is 144 Å². The third-order valence-corrected chi connectivity index (χ3v) is 5.16. The maximum atomic E-state index is 12.2. The molecule has 0 bridgehead atoms. The fourth-order valence-electron chi connectivity index (χ4n) is 2.91. The van der Waals surface area contributed by atoms with Gasteiger partial charge in [0, 0.05) is 23.5 Å². The first-order valence-electron chi connectivity index (χ1n) is 8.00. The van der Waals surface area contributed by atoms with Gasteiger partial charge in [-0.3, -0.25) is 4.79 Å². The quantitative estimate of drug-likeness (QED) is 0.724. The maximum absolute atomic E-state index is 12.2. The Morgan fingerprint density at radius 2 is 2.25 bits per heavy atom. The van der Waals surface area contributed by atoms with E-state index in [1.54, 1.807) is 0 Å². The van der Waals surface area contributed by atoms with E-state index in [4.69, 9.17) is 4.74 Å². The van der Waals surface area contributed by atoms with Gasteiger partial charge >= 0.3 is 5.97 Å². The van der Waals surface area contributed by atoms with Crippen molar-refractivity contribution in [2.24, 2.45) is 0 Å². The van der Waals surface area contributed by atoms with Crippen LogP contribution in [0.15, 0.2) is 30.5 Å². The summed E-state index contributed by atoms with van der Waals surface area (Å²) in [7, 11) is 1.34. The Morgan fingerprint density at radius 3 is 3.00 bits per heavy atom. The zero-order chi connectivity index (χ0) is 16.9. The molecule has 0 unspecified atom stereocenters. The molecule has 128 valence electrons. The molecule has 7 heteroatoms. The topological polar surface area (TPSA) is 83.2 Å². The molecule has 1 fully saturated rings. The van der Waals surface area contributed by atoms with Crippen LogP contribution in [0.1, 0.15) is 18.4 Å². The number of carbonyl (C=O) groups is 2. The summed E-state index contributed by atoms with van der Waals surface area (Å²) in [5, 5.41) is 7.01. The van der Waals surface area contributed by atoms with Gasteiger partial charge in [0.1, 0.15) is 6.04 Å². The summed E-state index contributed by atoms with van der Waals surface area (Å²) in [4.78, 5) is 27.5. The molecule has 2 atom stereocenters.